The van der Waals surface area contributed by atoms with Crippen molar-refractivity contribution in [3.63, 3.8) is 0 Å². The Morgan fingerprint density at radius 2 is 1.74 bits per heavy atom. The molecule has 2 aliphatic heterocycles. The molecular formula is C16H30O2Si. The van der Waals surface area contributed by atoms with Gasteiger partial charge in [0.25, 0.3) is 0 Å². The molecular weight excluding hydrogens is 252 g/mol. The van der Waals surface area contributed by atoms with Gasteiger partial charge in [0.2, 0.25) is 0 Å². The summed E-state index contributed by atoms with van der Waals surface area (Å²) in [5.41, 5.74) is -0.0534. The monoisotopic (exact) mass is 282 g/mol. The Hall–Kier alpha value is -0.153. The smallest absolute Gasteiger partial charge is 0.143 e. The third-order valence-corrected chi connectivity index (χ3v) is 13.1. The number of rotatable bonds is 1. The molecule has 0 spiro atoms. The number of hydrogen-bond acceptors (Lipinski definition) is 2. The highest BCUT2D eigenvalue weighted by Crippen LogP contribution is 2.62. The van der Waals surface area contributed by atoms with Crippen molar-refractivity contribution in [2.24, 2.45) is 5.41 Å². The second-order valence-electron chi connectivity index (χ2n) is 8.86. The van der Waals surface area contributed by atoms with Crippen LogP contribution in [-0.2, 0) is 9.53 Å². The summed E-state index contributed by atoms with van der Waals surface area (Å²) in [4.78, 5) is 12.4. The van der Waals surface area contributed by atoms with Crippen molar-refractivity contribution >= 4 is 13.9 Å². The molecule has 2 fully saturated rings. The standard InChI is InChI=1S/C16H30O2Si/c1-14(2,3)19(7,8)13-10-11-9-12(17)15(4,5)16(13,6)18-11/h11,13H,9-10H2,1-8H3. The third kappa shape index (κ3) is 1.88. The molecule has 0 aromatic rings. The van der Waals surface area contributed by atoms with Crippen LogP contribution in [0.2, 0.25) is 23.7 Å². The second-order valence-corrected chi connectivity index (χ2v) is 14.5. The third-order valence-electron chi connectivity index (χ3n) is 6.73. The van der Waals surface area contributed by atoms with Gasteiger partial charge in [-0.25, -0.2) is 0 Å². The molecule has 110 valence electrons. The highest BCUT2D eigenvalue weighted by atomic mass is 28.3. The molecule has 3 heteroatoms. The predicted octanol–water partition coefficient (Wildman–Crippen LogP) is 4.41. The minimum Gasteiger partial charge on any atom is -0.371 e. The Morgan fingerprint density at radius 1 is 1.21 bits per heavy atom. The van der Waals surface area contributed by atoms with E-state index in [1.165, 1.54) is 0 Å². The second kappa shape index (κ2) is 3.94. The van der Waals surface area contributed by atoms with Crippen LogP contribution in [0.1, 0.15) is 54.4 Å². The van der Waals surface area contributed by atoms with Gasteiger partial charge >= 0.3 is 0 Å². The maximum absolute atomic E-state index is 12.4. The molecule has 0 radical (unpaired) electrons. The molecule has 0 aromatic heterocycles. The summed E-state index contributed by atoms with van der Waals surface area (Å²) in [6, 6.07) is 0. The number of Topliss-reactive ketones (excluding diaryl/α,β-unsaturated/α-hetero) is 1. The van der Waals surface area contributed by atoms with Gasteiger partial charge in [-0.15, -0.1) is 0 Å². The molecule has 19 heavy (non-hydrogen) atoms. The van der Waals surface area contributed by atoms with E-state index < -0.39 is 8.07 Å². The maximum Gasteiger partial charge on any atom is 0.143 e. The van der Waals surface area contributed by atoms with Crippen LogP contribution >= 0.6 is 0 Å². The molecule has 0 N–H and O–H groups in total. The molecule has 2 bridgehead atoms. The van der Waals surface area contributed by atoms with Crippen molar-refractivity contribution < 1.29 is 9.53 Å². The lowest BCUT2D eigenvalue weighted by Crippen LogP contribution is -2.58. The average Bonchev–Trinajstić information content (AvgIpc) is 2.51. The molecule has 2 nitrogen and oxygen atoms in total. The number of ketones is 1. The van der Waals surface area contributed by atoms with E-state index in [9.17, 15) is 4.79 Å². The van der Waals surface area contributed by atoms with Crippen LogP contribution in [0.4, 0.5) is 0 Å². The number of fused-ring (bicyclic) bond motifs is 2. The van der Waals surface area contributed by atoms with Gasteiger partial charge in [0.1, 0.15) is 5.78 Å². The van der Waals surface area contributed by atoms with E-state index in [4.69, 9.17) is 4.74 Å². The van der Waals surface area contributed by atoms with Crippen LogP contribution in [0.25, 0.3) is 0 Å². The van der Waals surface area contributed by atoms with Crippen molar-refractivity contribution in [3.05, 3.63) is 0 Å². The summed E-state index contributed by atoms with van der Waals surface area (Å²) >= 11 is 0. The summed E-state index contributed by atoms with van der Waals surface area (Å²) in [6.07, 6.45) is 1.88. The number of hydrogen-bond donors (Lipinski definition) is 0. The van der Waals surface area contributed by atoms with Crippen LogP contribution in [0.3, 0.4) is 0 Å². The largest absolute Gasteiger partial charge is 0.371 e. The highest BCUT2D eigenvalue weighted by molar-refractivity contribution is 6.81. The van der Waals surface area contributed by atoms with Gasteiger partial charge in [-0.05, 0) is 23.9 Å². The van der Waals surface area contributed by atoms with Crippen LogP contribution in [0.15, 0.2) is 0 Å². The van der Waals surface area contributed by atoms with Crippen molar-refractivity contribution in [1.29, 1.82) is 0 Å². The van der Waals surface area contributed by atoms with Crippen LogP contribution in [0.5, 0.6) is 0 Å². The van der Waals surface area contributed by atoms with Crippen LogP contribution < -0.4 is 0 Å². The first-order valence-electron chi connectivity index (χ1n) is 7.55. The van der Waals surface area contributed by atoms with Gasteiger partial charge in [0, 0.05) is 6.42 Å². The molecule has 2 saturated heterocycles. The van der Waals surface area contributed by atoms with Gasteiger partial charge in [-0.1, -0.05) is 47.7 Å². The molecule has 0 aliphatic carbocycles. The van der Waals surface area contributed by atoms with Gasteiger partial charge in [-0.2, -0.15) is 0 Å². The number of ether oxygens (including phenoxy) is 1. The van der Waals surface area contributed by atoms with E-state index in [-0.39, 0.29) is 17.1 Å². The normalized spacial score (nSPS) is 38.6. The molecule has 0 saturated carbocycles. The van der Waals surface area contributed by atoms with Crippen molar-refractivity contribution in [1.82, 2.24) is 0 Å². The molecule has 2 rings (SSSR count). The lowest BCUT2D eigenvalue weighted by Gasteiger charge is -2.53. The van der Waals surface area contributed by atoms with E-state index in [1.807, 2.05) is 0 Å². The van der Waals surface area contributed by atoms with Crippen molar-refractivity contribution in [2.45, 2.75) is 89.8 Å². The fourth-order valence-electron chi connectivity index (χ4n) is 3.92. The van der Waals surface area contributed by atoms with Crippen LogP contribution in [0, 0.1) is 5.41 Å². The Bertz CT molecular complexity index is 405. The first-order chi connectivity index (χ1) is 8.34. The lowest BCUT2D eigenvalue weighted by molar-refractivity contribution is -0.168. The minimum absolute atomic E-state index is 0.171. The zero-order valence-corrected chi connectivity index (χ0v) is 14.9. The predicted molar refractivity (Wildman–Crippen MR) is 82.2 cm³/mol. The first-order valence-corrected chi connectivity index (χ1v) is 10.6. The van der Waals surface area contributed by atoms with E-state index in [2.05, 4.69) is 54.6 Å². The topological polar surface area (TPSA) is 26.3 Å². The molecule has 0 aromatic carbocycles. The van der Waals surface area contributed by atoms with E-state index in [0.717, 1.165) is 6.42 Å². The van der Waals surface area contributed by atoms with Gasteiger partial charge in [-0.3, -0.25) is 4.79 Å². The van der Waals surface area contributed by atoms with Gasteiger partial charge in [0.15, 0.2) is 0 Å². The van der Waals surface area contributed by atoms with Gasteiger partial charge in [0.05, 0.1) is 25.2 Å². The van der Waals surface area contributed by atoms with Crippen LogP contribution in [-0.4, -0.2) is 25.6 Å². The van der Waals surface area contributed by atoms with Crippen molar-refractivity contribution in [3.8, 4) is 0 Å². The van der Waals surface area contributed by atoms with Crippen molar-refractivity contribution in [2.75, 3.05) is 0 Å². The van der Waals surface area contributed by atoms with E-state index in [0.29, 0.717) is 22.8 Å². The summed E-state index contributed by atoms with van der Waals surface area (Å²) in [5, 5.41) is 0.334. The zero-order valence-electron chi connectivity index (χ0n) is 13.9. The fourth-order valence-corrected chi connectivity index (χ4v) is 7.62. The molecule has 2 heterocycles. The lowest BCUT2D eigenvalue weighted by atomic mass is 9.70. The van der Waals surface area contributed by atoms with Gasteiger partial charge < -0.3 is 4.74 Å². The molecule has 3 atom stereocenters. The summed E-state index contributed by atoms with van der Waals surface area (Å²) in [6.45, 7) is 18.4. The number of carbonyl (C=O) groups excluding carboxylic acids is 1. The summed E-state index contributed by atoms with van der Waals surface area (Å²) in [7, 11) is -1.53. The zero-order chi connectivity index (χ0) is 14.9. The first kappa shape index (κ1) is 15.2. The molecule has 3 unspecified atom stereocenters. The molecule has 0 amide bonds. The van der Waals surface area contributed by atoms with E-state index >= 15 is 0 Å². The SMILES string of the molecule is CC1(C)C(=O)CC2CC([Si](C)(C)C(C)(C)C)C1(C)O2. The molecule has 2 aliphatic rings. The Kier molecular flexibility index (Phi) is 3.16. The van der Waals surface area contributed by atoms with E-state index in [1.54, 1.807) is 0 Å². The Balaban J connectivity index is 2.48. The number of carbonyl (C=O) groups is 1. The quantitative estimate of drug-likeness (QED) is 0.666. The maximum atomic E-state index is 12.4. The summed E-state index contributed by atoms with van der Waals surface area (Å²) < 4.78 is 6.38. The fraction of sp³-hybridized carbons (Fsp3) is 0.938. The Labute approximate surface area is 119 Å². The minimum atomic E-state index is -1.53. The average molecular weight is 282 g/mol. The Morgan fingerprint density at radius 3 is 2.21 bits per heavy atom. The summed E-state index contributed by atoms with van der Waals surface area (Å²) in [5.74, 6) is 0.396. The highest BCUT2D eigenvalue weighted by Gasteiger charge is 2.65.